The van der Waals surface area contributed by atoms with Gasteiger partial charge < -0.3 is 20.1 Å². The number of aryl methyl sites for hydroxylation is 1. The summed E-state index contributed by atoms with van der Waals surface area (Å²) < 4.78 is 5.00. The quantitative estimate of drug-likeness (QED) is 0.424. The first-order valence-corrected chi connectivity index (χ1v) is 12.2. The number of H-pyrrole nitrogens is 1. The highest BCUT2D eigenvalue weighted by atomic mass is 32.2. The van der Waals surface area contributed by atoms with Gasteiger partial charge in [0.05, 0.1) is 13.0 Å². The molecule has 3 unspecified atom stereocenters. The van der Waals surface area contributed by atoms with Gasteiger partial charge in [-0.3, -0.25) is 9.59 Å². The molecule has 178 valence electrons. The van der Waals surface area contributed by atoms with Crippen LogP contribution in [0.25, 0.3) is 10.9 Å². The Morgan fingerprint density at radius 1 is 1.24 bits per heavy atom. The number of thioether (sulfide) groups is 1. The van der Waals surface area contributed by atoms with Gasteiger partial charge in [0.1, 0.15) is 11.8 Å². The van der Waals surface area contributed by atoms with E-state index in [0.717, 1.165) is 52.2 Å². The summed E-state index contributed by atoms with van der Waals surface area (Å²) >= 11 is 1.11. The Morgan fingerprint density at radius 3 is 2.79 bits per heavy atom. The number of ether oxygens (including phenoxy) is 1. The Kier molecular flexibility index (Phi) is 7.26. The summed E-state index contributed by atoms with van der Waals surface area (Å²) in [6.45, 7) is 1.48. The van der Waals surface area contributed by atoms with E-state index in [1.54, 1.807) is 12.1 Å². The molecular formula is C26H28N2O5S. The number of para-hydroxylation sites is 1. The third-order valence-electron chi connectivity index (χ3n) is 6.44. The van der Waals surface area contributed by atoms with Crippen molar-refractivity contribution in [3.05, 3.63) is 65.4 Å². The van der Waals surface area contributed by atoms with E-state index in [9.17, 15) is 19.5 Å². The van der Waals surface area contributed by atoms with Gasteiger partial charge in [0.25, 0.3) is 0 Å². The highest BCUT2D eigenvalue weighted by molar-refractivity contribution is 8.13. The highest BCUT2D eigenvalue weighted by Gasteiger charge is 2.36. The lowest BCUT2D eigenvalue weighted by molar-refractivity contribution is -0.145. The second-order valence-electron chi connectivity index (χ2n) is 8.59. The minimum absolute atomic E-state index is 0.0648. The van der Waals surface area contributed by atoms with Crippen molar-refractivity contribution in [2.75, 3.05) is 12.9 Å². The number of nitrogens with one attached hydrogen (secondary N) is 2. The average molecular weight is 481 g/mol. The number of benzene rings is 2. The molecule has 0 bridgehead atoms. The van der Waals surface area contributed by atoms with Crippen molar-refractivity contribution in [2.45, 2.75) is 38.1 Å². The third-order valence-corrected chi connectivity index (χ3v) is 7.37. The third kappa shape index (κ3) is 5.12. The number of phenolic OH excluding ortho intramolecular Hbond substituents is 1. The van der Waals surface area contributed by atoms with Crippen LogP contribution in [-0.2, 0) is 32.0 Å². The molecule has 3 N–H and O–H groups in total. The van der Waals surface area contributed by atoms with Crippen LogP contribution in [0.4, 0.5) is 0 Å². The molecule has 2 aromatic carbocycles. The lowest BCUT2D eigenvalue weighted by Crippen LogP contribution is -2.47. The van der Waals surface area contributed by atoms with Crippen LogP contribution < -0.4 is 5.32 Å². The second-order valence-corrected chi connectivity index (χ2v) is 9.78. The number of carbonyl (C=O) groups excluding carboxylic acids is 3. The first kappa shape index (κ1) is 23.9. The molecule has 4 rings (SSSR count). The van der Waals surface area contributed by atoms with Crippen LogP contribution in [0, 0.1) is 5.92 Å². The van der Waals surface area contributed by atoms with Crippen molar-refractivity contribution in [2.24, 2.45) is 5.92 Å². The Balaban J connectivity index is 1.58. The zero-order chi connectivity index (χ0) is 24.2. The van der Waals surface area contributed by atoms with Gasteiger partial charge in [0.15, 0.2) is 5.12 Å². The first-order chi connectivity index (χ1) is 16.4. The number of aromatic hydroxyl groups is 1. The van der Waals surface area contributed by atoms with E-state index >= 15 is 0 Å². The molecular weight excluding hydrogens is 452 g/mol. The molecule has 7 nitrogen and oxygen atoms in total. The fraction of sp³-hybridized carbons (Fsp3) is 0.346. The SMILES string of the molecule is COC(=O)C(Cc1c[nH]c2ccccc12)NC(=O)C(CSC(C)=O)C1CCc2cc(O)ccc21. The molecule has 0 saturated carbocycles. The minimum Gasteiger partial charge on any atom is -0.508 e. The number of esters is 1. The van der Waals surface area contributed by atoms with Gasteiger partial charge in [0, 0.05) is 36.2 Å². The number of phenols is 1. The van der Waals surface area contributed by atoms with Crippen molar-refractivity contribution >= 4 is 39.7 Å². The second kappa shape index (κ2) is 10.3. The Bertz CT molecular complexity index is 1220. The van der Waals surface area contributed by atoms with Crippen LogP contribution in [0.1, 0.15) is 36.0 Å². The van der Waals surface area contributed by atoms with Gasteiger partial charge in [-0.05, 0) is 53.6 Å². The van der Waals surface area contributed by atoms with E-state index < -0.39 is 17.9 Å². The Morgan fingerprint density at radius 2 is 2.03 bits per heavy atom. The smallest absolute Gasteiger partial charge is 0.328 e. The van der Waals surface area contributed by atoms with Gasteiger partial charge in [0.2, 0.25) is 5.91 Å². The lowest BCUT2D eigenvalue weighted by Gasteiger charge is -2.26. The van der Waals surface area contributed by atoms with Crippen LogP contribution in [0.15, 0.2) is 48.7 Å². The summed E-state index contributed by atoms with van der Waals surface area (Å²) in [5, 5.41) is 13.7. The topological polar surface area (TPSA) is 108 Å². The van der Waals surface area contributed by atoms with E-state index in [2.05, 4.69) is 10.3 Å². The van der Waals surface area contributed by atoms with Crippen molar-refractivity contribution in [3.63, 3.8) is 0 Å². The summed E-state index contributed by atoms with van der Waals surface area (Å²) in [4.78, 5) is 41.1. The van der Waals surface area contributed by atoms with Crippen LogP contribution in [0.2, 0.25) is 0 Å². The van der Waals surface area contributed by atoms with Gasteiger partial charge in [-0.25, -0.2) is 4.79 Å². The van der Waals surface area contributed by atoms with E-state index in [0.29, 0.717) is 5.75 Å². The number of hydrogen-bond donors (Lipinski definition) is 3. The summed E-state index contributed by atoms with van der Waals surface area (Å²) in [5.41, 5.74) is 3.88. The molecule has 1 heterocycles. The van der Waals surface area contributed by atoms with Gasteiger partial charge in [-0.2, -0.15) is 0 Å². The Labute approximate surface area is 202 Å². The molecule has 1 aliphatic carbocycles. The number of fused-ring (bicyclic) bond motifs is 2. The zero-order valence-electron chi connectivity index (χ0n) is 19.2. The van der Waals surface area contributed by atoms with Gasteiger partial charge >= 0.3 is 5.97 Å². The van der Waals surface area contributed by atoms with Crippen molar-refractivity contribution in [3.8, 4) is 5.75 Å². The summed E-state index contributed by atoms with van der Waals surface area (Å²) in [5.74, 6) is -0.900. The number of amides is 1. The number of rotatable bonds is 8. The number of carbonyl (C=O) groups is 3. The fourth-order valence-corrected chi connectivity index (χ4v) is 5.57. The number of hydrogen-bond acceptors (Lipinski definition) is 6. The minimum atomic E-state index is -0.859. The molecule has 0 aliphatic heterocycles. The van der Waals surface area contributed by atoms with Crippen LogP contribution >= 0.6 is 11.8 Å². The maximum atomic E-state index is 13.5. The van der Waals surface area contributed by atoms with Gasteiger partial charge in [-0.1, -0.05) is 36.0 Å². The summed E-state index contributed by atoms with van der Waals surface area (Å²) in [6, 6.07) is 12.1. The van der Waals surface area contributed by atoms with Crippen LogP contribution in [0.3, 0.4) is 0 Å². The van der Waals surface area contributed by atoms with E-state index in [1.807, 2.05) is 36.5 Å². The monoisotopic (exact) mass is 480 g/mol. The molecule has 1 aromatic heterocycles. The normalized spacial score (nSPS) is 16.6. The predicted molar refractivity (Wildman–Crippen MR) is 132 cm³/mol. The number of methoxy groups -OCH3 is 1. The standard InChI is InChI=1S/C26H28N2O5S/c1-15(29)34-14-22(21-9-7-16-11-18(30)8-10-19(16)21)25(31)28-24(26(32)33-2)12-17-13-27-23-6-4-3-5-20(17)23/h3-6,8,10-11,13,21-22,24,27,30H,7,9,12,14H2,1-2H3,(H,28,31). The van der Waals surface area contributed by atoms with E-state index in [-0.39, 0.29) is 29.1 Å². The lowest BCUT2D eigenvalue weighted by atomic mass is 9.87. The van der Waals surface area contributed by atoms with Crippen LogP contribution in [-0.4, -0.2) is 46.0 Å². The average Bonchev–Trinajstić information content (AvgIpc) is 3.42. The molecule has 1 amide bonds. The molecule has 0 fully saturated rings. The van der Waals surface area contributed by atoms with E-state index in [4.69, 9.17) is 4.74 Å². The maximum absolute atomic E-state index is 13.5. The largest absolute Gasteiger partial charge is 0.508 e. The fourth-order valence-electron chi connectivity index (χ4n) is 4.77. The molecule has 0 spiro atoms. The molecule has 3 aromatic rings. The Hall–Kier alpha value is -3.26. The summed E-state index contributed by atoms with van der Waals surface area (Å²) in [7, 11) is 1.31. The molecule has 0 radical (unpaired) electrons. The maximum Gasteiger partial charge on any atom is 0.328 e. The zero-order valence-corrected chi connectivity index (χ0v) is 20.0. The molecule has 1 aliphatic rings. The molecule has 34 heavy (non-hydrogen) atoms. The van der Waals surface area contributed by atoms with Crippen LogP contribution in [0.5, 0.6) is 5.75 Å². The van der Waals surface area contributed by atoms with Crippen molar-refractivity contribution in [1.29, 1.82) is 0 Å². The van der Waals surface area contributed by atoms with Crippen molar-refractivity contribution in [1.82, 2.24) is 10.3 Å². The highest BCUT2D eigenvalue weighted by Crippen LogP contribution is 2.41. The summed E-state index contributed by atoms with van der Waals surface area (Å²) in [6.07, 6.45) is 3.61. The number of aromatic nitrogens is 1. The first-order valence-electron chi connectivity index (χ1n) is 11.3. The molecule has 0 saturated heterocycles. The molecule has 8 heteroatoms. The van der Waals surface area contributed by atoms with Gasteiger partial charge in [-0.15, -0.1) is 0 Å². The predicted octanol–water partition coefficient (Wildman–Crippen LogP) is 3.70. The van der Waals surface area contributed by atoms with Crippen molar-refractivity contribution < 1.29 is 24.2 Å². The molecule has 3 atom stereocenters. The van der Waals surface area contributed by atoms with E-state index in [1.165, 1.54) is 14.0 Å². The number of aromatic amines is 1.